The second-order valence-electron chi connectivity index (χ2n) is 8.62. The molecule has 7 heteroatoms. The summed E-state index contributed by atoms with van der Waals surface area (Å²) in [5.74, 6) is 1.51. The zero-order valence-corrected chi connectivity index (χ0v) is 19.0. The molecule has 1 aliphatic heterocycles. The van der Waals surface area contributed by atoms with Crippen molar-refractivity contribution in [1.29, 1.82) is 0 Å². The van der Waals surface area contributed by atoms with E-state index in [9.17, 15) is 4.79 Å². The highest BCUT2D eigenvalue weighted by atomic mass is 35.5. The Morgan fingerprint density at radius 2 is 2.06 bits per heavy atom. The van der Waals surface area contributed by atoms with Crippen LogP contribution in [0.1, 0.15) is 56.0 Å². The van der Waals surface area contributed by atoms with E-state index in [2.05, 4.69) is 11.2 Å². The first kappa shape index (κ1) is 22.2. The number of ether oxygens (including phenoxy) is 2. The maximum atomic E-state index is 12.8. The van der Waals surface area contributed by atoms with Crippen LogP contribution in [0.15, 0.2) is 30.3 Å². The Labute approximate surface area is 189 Å². The molecule has 1 aliphatic carbocycles. The summed E-state index contributed by atoms with van der Waals surface area (Å²) in [6.45, 7) is 2.33. The van der Waals surface area contributed by atoms with E-state index in [0.717, 1.165) is 11.4 Å². The maximum Gasteiger partial charge on any atom is 0.223 e. The largest absolute Gasteiger partial charge is 0.492 e. The molecule has 0 bridgehead atoms. The molecule has 2 fully saturated rings. The van der Waals surface area contributed by atoms with Crippen LogP contribution < -0.4 is 4.74 Å². The van der Waals surface area contributed by atoms with Crippen molar-refractivity contribution >= 4 is 17.5 Å². The van der Waals surface area contributed by atoms with Crippen LogP contribution in [0.4, 0.5) is 0 Å². The number of carbonyl (C=O) groups excluding carboxylic acids is 1. The second kappa shape index (κ2) is 10.5. The van der Waals surface area contributed by atoms with Crippen molar-refractivity contribution in [2.45, 2.75) is 51.0 Å². The van der Waals surface area contributed by atoms with E-state index in [4.69, 9.17) is 21.1 Å². The molecule has 1 saturated heterocycles. The molecule has 0 radical (unpaired) electrons. The number of nitrogens with zero attached hydrogens (tertiary/aromatic N) is 3. The standard InChI is InChI=1S/C24H32ClN3O3/c1-27-19(11-13-30-22-10-6-5-9-20(22)25)16-21(26-27)23-17-28(12-14-31-23)24(29)15-18-7-3-2-4-8-18/h5-6,9-10,16,18,23H,2-4,7-8,11-15,17H2,1H3. The lowest BCUT2D eigenvalue weighted by atomic mass is 9.86. The summed E-state index contributed by atoms with van der Waals surface area (Å²) in [6, 6.07) is 9.55. The van der Waals surface area contributed by atoms with Crippen LogP contribution >= 0.6 is 11.6 Å². The number of aryl methyl sites for hydroxylation is 1. The van der Waals surface area contributed by atoms with Crippen LogP contribution in [0.3, 0.4) is 0 Å². The molecule has 0 N–H and O–H groups in total. The molecule has 0 spiro atoms. The maximum absolute atomic E-state index is 12.8. The molecule has 168 valence electrons. The molecule has 1 amide bonds. The fraction of sp³-hybridized carbons (Fsp3) is 0.583. The van der Waals surface area contributed by atoms with Gasteiger partial charge in [-0.1, -0.05) is 43.0 Å². The first-order valence-corrected chi connectivity index (χ1v) is 11.8. The third kappa shape index (κ3) is 5.80. The second-order valence-corrected chi connectivity index (χ2v) is 9.03. The minimum Gasteiger partial charge on any atom is -0.492 e. The smallest absolute Gasteiger partial charge is 0.223 e. The Morgan fingerprint density at radius 1 is 1.26 bits per heavy atom. The van der Waals surface area contributed by atoms with Gasteiger partial charge in [-0.2, -0.15) is 5.10 Å². The summed E-state index contributed by atoms with van der Waals surface area (Å²) >= 11 is 6.15. The van der Waals surface area contributed by atoms with Crippen LogP contribution in [-0.2, 0) is 23.0 Å². The van der Waals surface area contributed by atoms with E-state index >= 15 is 0 Å². The highest BCUT2D eigenvalue weighted by Gasteiger charge is 2.29. The molecule has 1 aromatic carbocycles. The van der Waals surface area contributed by atoms with Crippen molar-refractivity contribution in [3.63, 3.8) is 0 Å². The third-order valence-corrected chi connectivity index (χ3v) is 6.70. The molecule has 2 aromatic rings. The molecular weight excluding hydrogens is 414 g/mol. The van der Waals surface area contributed by atoms with Crippen molar-refractivity contribution < 1.29 is 14.3 Å². The first-order chi connectivity index (χ1) is 15.1. The highest BCUT2D eigenvalue weighted by Crippen LogP contribution is 2.29. The zero-order valence-electron chi connectivity index (χ0n) is 18.3. The number of rotatable bonds is 7. The van der Waals surface area contributed by atoms with E-state index in [-0.39, 0.29) is 12.0 Å². The van der Waals surface area contributed by atoms with Crippen LogP contribution in [0.2, 0.25) is 5.02 Å². The van der Waals surface area contributed by atoms with Crippen LogP contribution in [0, 0.1) is 5.92 Å². The fourth-order valence-corrected chi connectivity index (χ4v) is 4.76. The van der Waals surface area contributed by atoms with Gasteiger partial charge in [0.25, 0.3) is 0 Å². The van der Waals surface area contributed by atoms with Gasteiger partial charge >= 0.3 is 0 Å². The Morgan fingerprint density at radius 3 is 2.87 bits per heavy atom. The lowest BCUT2D eigenvalue weighted by molar-refractivity contribution is -0.140. The van der Waals surface area contributed by atoms with Crippen LogP contribution in [-0.4, -0.2) is 46.9 Å². The molecular formula is C24H32ClN3O3. The van der Waals surface area contributed by atoms with Gasteiger partial charge in [0.05, 0.1) is 30.5 Å². The molecule has 2 heterocycles. The van der Waals surface area contributed by atoms with Gasteiger partial charge in [-0.05, 0) is 37.0 Å². The number of halogens is 1. The first-order valence-electron chi connectivity index (χ1n) is 11.4. The summed E-state index contributed by atoms with van der Waals surface area (Å²) in [4.78, 5) is 14.8. The predicted octanol–water partition coefficient (Wildman–Crippen LogP) is 4.57. The zero-order chi connectivity index (χ0) is 21.6. The normalized spacial score (nSPS) is 20.1. The number of morpholine rings is 1. The highest BCUT2D eigenvalue weighted by molar-refractivity contribution is 6.32. The third-order valence-electron chi connectivity index (χ3n) is 6.39. The Hall–Kier alpha value is -2.05. The van der Waals surface area contributed by atoms with E-state index in [1.807, 2.05) is 40.9 Å². The van der Waals surface area contributed by atoms with Crippen molar-refractivity contribution in [3.8, 4) is 5.75 Å². The van der Waals surface area contributed by atoms with Crippen molar-refractivity contribution in [2.75, 3.05) is 26.3 Å². The fourth-order valence-electron chi connectivity index (χ4n) is 4.57. The Kier molecular flexibility index (Phi) is 7.51. The number of carbonyl (C=O) groups is 1. The number of hydrogen-bond donors (Lipinski definition) is 0. The summed E-state index contributed by atoms with van der Waals surface area (Å²) < 4.78 is 13.7. The van der Waals surface area contributed by atoms with Crippen molar-refractivity contribution in [2.24, 2.45) is 13.0 Å². The van der Waals surface area contributed by atoms with Gasteiger partial charge in [0.15, 0.2) is 0 Å². The van der Waals surface area contributed by atoms with E-state index < -0.39 is 0 Å². The summed E-state index contributed by atoms with van der Waals surface area (Å²) in [5, 5.41) is 5.27. The number of aromatic nitrogens is 2. The quantitative estimate of drug-likeness (QED) is 0.626. The molecule has 1 saturated carbocycles. The number of amides is 1. The summed E-state index contributed by atoms with van der Waals surface area (Å²) in [7, 11) is 1.93. The molecule has 4 rings (SSSR count). The summed E-state index contributed by atoms with van der Waals surface area (Å²) in [6.07, 6.45) is 7.45. The summed E-state index contributed by atoms with van der Waals surface area (Å²) in [5.41, 5.74) is 1.95. The van der Waals surface area contributed by atoms with Gasteiger partial charge < -0.3 is 14.4 Å². The average Bonchev–Trinajstić information content (AvgIpc) is 3.16. The topological polar surface area (TPSA) is 56.6 Å². The lowest BCUT2D eigenvalue weighted by Crippen LogP contribution is -2.43. The van der Waals surface area contributed by atoms with Gasteiger partial charge in [0.1, 0.15) is 11.9 Å². The molecule has 1 atom stereocenters. The molecule has 1 aromatic heterocycles. The van der Waals surface area contributed by atoms with Crippen molar-refractivity contribution in [3.05, 3.63) is 46.7 Å². The van der Waals surface area contributed by atoms with E-state index in [1.54, 1.807) is 0 Å². The molecule has 2 aliphatic rings. The van der Waals surface area contributed by atoms with Gasteiger partial charge in [0, 0.05) is 32.1 Å². The van der Waals surface area contributed by atoms with E-state index in [0.29, 0.717) is 55.8 Å². The van der Waals surface area contributed by atoms with Crippen LogP contribution in [0.25, 0.3) is 0 Å². The Balaban J connectivity index is 1.31. The van der Waals surface area contributed by atoms with Gasteiger partial charge in [-0.15, -0.1) is 0 Å². The number of hydrogen-bond acceptors (Lipinski definition) is 4. The molecule has 1 unspecified atom stereocenters. The molecule has 31 heavy (non-hydrogen) atoms. The van der Waals surface area contributed by atoms with Gasteiger partial charge in [-0.3, -0.25) is 9.48 Å². The minimum atomic E-state index is -0.173. The molecule has 6 nitrogen and oxygen atoms in total. The SMILES string of the molecule is Cn1nc(C2CN(C(=O)CC3CCCCC3)CCO2)cc1CCOc1ccccc1Cl. The van der Waals surface area contributed by atoms with Gasteiger partial charge in [0.2, 0.25) is 5.91 Å². The number of para-hydroxylation sites is 1. The lowest BCUT2D eigenvalue weighted by Gasteiger charge is -2.33. The number of benzene rings is 1. The average molecular weight is 446 g/mol. The monoisotopic (exact) mass is 445 g/mol. The minimum absolute atomic E-state index is 0.173. The predicted molar refractivity (Wildman–Crippen MR) is 120 cm³/mol. The van der Waals surface area contributed by atoms with E-state index in [1.165, 1.54) is 32.1 Å². The van der Waals surface area contributed by atoms with Crippen molar-refractivity contribution in [1.82, 2.24) is 14.7 Å². The van der Waals surface area contributed by atoms with Gasteiger partial charge in [-0.25, -0.2) is 0 Å². The Bertz CT molecular complexity index is 879. The van der Waals surface area contributed by atoms with Crippen LogP contribution in [0.5, 0.6) is 5.75 Å².